The van der Waals surface area contributed by atoms with Crippen LogP contribution in [0.25, 0.3) is 17.7 Å². The van der Waals surface area contributed by atoms with Crippen molar-refractivity contribution in [1.29, 1.82) is 0 Å². The van der Waals surface area contributed by atoms with E-state index in [2.05, 4.69) is 92.7 Å². The minimum atomic E-state index is 0.883. The van der Waals surface area contributed by atoms with Gasteiger partial charge in [0.1, 0.15) is 5.75 Å². The van der Waals surface area contributed by atoms with Crippen molar-refractivity contribution in [3.8, 4) is 5.75 Å². The van der Waals surface area contributed by atoms with Crippen molar-refractivity contribution in [3.05, 3.63) is 107 Å². The zero-order valence-corrected chi connectivity index (χ0v) is 19.1. The van der Waals surface area contributed by atoms with E-state index in [0.29, 0.717) is 0 Å². The Kier molecular flexibility index (Phi) is 8.72. The third kappa shape index (κ3) is 7.00. The Morgan fingerprint density at radius 1 is 0.742 bits per heavy atom. The molecule has 0 saturated heterocycles. The summed E-state index contributed by atoms with van der Waals surface area (Å²) in [6.07, 6.45) is 10.8. The van der Waals surface area contributed by atoms with Crippen molar-refractivity contribution in [1.82, 2.24) is 0 Å². The predicted octanol–water partition coefficient (Wildman–Crippen LogP) is 8.60. The van der Waals surface area contributed by atoms with Crippen LogP contribution >= 0.6 is 0 Å². The van der Waals surface area contributed by atoms with Crippen LogP contribution in [-0.4, -0.2) is 7.11 Å². The van der Waals surface area contributed by atoms with Gasteiger partial charge in [0.05, 0.1) is 7.11 Å². The maximum atomic E-state index is 5.34. The van der Waals surface area contributed by atoms with Gasteiger partial charge in [0.2, 0.25) is 0 Å². The van der Waals surface area contributed by atoms with Crippen molar-refractivity contribution in [2.45, 2.75) is 46.0 Å². The van der Waals surface area contributed by atoms with E-state index in [0.717, 1.165) is 12.2 Å². The molecular formula is C30H34O. The fraction of sp³-hybridized carbons (Fsp3) is 0.267. The van der Waals surface area contributed by atoms with E-state index in [4.69, 9.17) is 4.74 Å². The van der Waals surface area contributed by atoms with Crippen LogP contribution in [0.3, 0.4) is 0 Å². The highest BCUT2D eigenvalue weighted by atomic mass is 16.5. The van der Waals surface area contributed by atoms with Crippen LogP contribution < -0.4 is 4.74 Å². The summed E-state index contributed by atoms with van der Waals surface area (Å²) in [5.74, 6) is 0.883. The second-order valence-electron chi connectivity index (χ2n) is 8.09. The molecule has 0 bridgehead atoms. The minimum Gasteiger partial charge on any atom is -0.497 e. The zero-order chi connectivity index (χ0) is 21.9. The third-order valence-corrected chi connectivity index (χ3v) is 5.58. The Bertz CT molecular complexity index is 977. The molecule has 0 spiro atoms. The summed E-state index contributed by atoms with van der Waals surface area (Å²) in [6.45, 7) is 4.40. The molecule has 0 saturated carbocycles. The lowest BCUT2D eigenvalue weighted by Gasteiger charge is -2.15. The van der Waals surface area contributed by atoms with Gasteiger partial charge >= 0.3 is 0 Å². The number of benzene rings is 3. The fourth-order valence-corrected chi connectivity index (χ4v) is 3.74. The smallest absolute Gasteiger partial charge is 0.118 e. The summed E-state index contributed by atoms with van der Waals surface area (Å²) in [7, 11) is 1.71. The first-order chi connectivity index (χ1) is 15.2. The van der Waals surface area contributed by atoms with E-state index in [1.165, 1.54) is 59.1 Å². The number of allylic oxidation sites excluding steroid dienone is 2. The second kappa shape index (κ2) is 12.0. The molecule has 0 aliphatic carbocycles. The molecule has 0 radical (unpaired) electrons. The van der Waals surface area contributed by atoms with Gasteiger partial charge in [-0.3, -0.25) is 0 Å². The number of hydrogen-bond acceptors (Lipinski definition) is 1. The average molecular weight is 411 g/mol. The molecule has 3 aromatic rings. The summed E-state index contributed by atoms with van der Waals surface area (Å²) in [6, 6.07) is 27.9. The van der Waals surface area contributed by atoms with Gasteiger partial charge in [-0.2, -0.15) is 0 Å². The van der Waals surface area contributed by atoms with Gasteiger partial charge < -0.3 is 4.74 Å². The molecular weight excluding hydrogens is 376 g/mol. The number of hydrogen-bond donors (Lipinski definition) is 0. The Labute approximate surface area is 188 Å². The summed E-state index contributed by atoms with van der Waals surface area (Å²) in [5, 5.41) is 0. The van der Waals surface area contributed by atoms with Gasteiger partial charge in [0.25, 0.3) is 0 Å². The molecule has 0 heterocycles. The van der Waals surface area contributed by atoms with E-state index in [-0.39, 0.29) is 0 Å². The summed E-state index contributed by atoms with van der Waals surface area (Å²) >= 11 is 0. The molecule has 160 valence electrons. The van der Waals surface area contributed by atoms with E-state index in [9.17, 15) is 0 Å². The maximum Gasteiger partial charge on any atom is 0.118 e. The predicted molar refractivity (Wildman–Crippen MR) is 135 cm³/mol. The molecule has 3 rings (SSSR count). The van der Waals surface area contributed by atoms with Gasteiger partial charge in [-0.1, -0.05) is 105 Å². The van der Waals surface area contributed by atoms with Crippen LogP contribution in [0.1, 0.15) is 61.3 Å². The Balaban J connectivity index is 2.04. The summed E-state index contributed by atoms with van der Waals surface area (Å²) in [4.78, 5) is 0. The maximum absolute atomic E-state index is 5.34. The molecule has 0 unspecified atom stereocenters. The number of rotatable bonds is 10. The fourth-order valence-electron chi connectivity index (χ4n) is 3.74. The first-order valence-corrected chi connectivity index (χ1v) is 11.4. The highest BCUT2D eigenvalue weighted by Crippen LogP contribution is 2.32. The van der Waals surface area contributed by atoms with Crippen molar-refractivity contribution in [2.24, 2.45) is 0 Å². The van der Waals surface area contributed by atoms with Gasteiger partial charge in [-0.25, -0.2) is 0 Å². The normalized spacial score (nSPS) is 12.1. The lowest BCUT2D eigenvalue weighted by atomic mass is 9.90. The van der Waals surface area contributed by atoms with E-state index < -0.39 is 0 Å². The lowest BCUT2D eigenvalue weighted by molar-refractivity contribution is 0.415. The van der Waals surface area contributed by atoms with Gasteiger partial charge in [0.15, 0.2) is 0 Å². The minimum absolute atomic E-state index is 0.883. The number of ether oxygens (including phenoxy) is 1. The van der Waals surface area contributed by atoms with Gasteiger partial charge in [0, 0.05) is 0 Å². The molecule has 1 nitrogen and oxygen atoms in total. The molecule has 0 aliphatic rings. The number of unbranched alkanes of at least 4 members (excludes halogenated alkanes) is 3. The molecule has 1 heteroatoms. The molecule has 0 fully saturated rings. The van der Waals surface area contributed by atoms with Crippen LogP contribution in [0.2, 0.25) is 0 Å². The quantitative estimate of drug-likeness (QED) is 0.185. The molecule has 0 N–H and O–H groups in total. The van der Waals surface area contributed by atoms with E-state index >= 15 is 0 Å². The SMILES string of the molecule is CCCCCCC(=C\c1ccc(C)cc1)/C(=C/c1ccc(OC)cc1)c1ccccc1. The van der Waals surface area contributed by atoms with Crippen LogP contribution in [0, 0.1) is 6.92 Å². The zero-order valence-electron chi connectivity index (χ0n) is 19.1. The lowest BCUT2D eigenvalue weighted by Crippen LogP contribution is -1.93. The van der Waals surface area contributed by atoms with E-state index in [1.54, 1.807) is 7.11 Å². The molecule has 31 heavy (non-hydrogen) atoms. The van der Waals surface area contributed by atoms with Gasteiger partial charge in [-0.15, -0.1) is 0 Å². The summed E-state index contributed by atoms with van der Waals surface area (Å²) < 4.78 is 5.34. The third-order valence-electron chi connectivity index (χ3n) is 5.58. The van der Waals surface area contributed by atoms with Crippen molar-refractivity contribution >= 4 is 17.7 Å². The van der Waals surface area contributed by atoms with Crippen molar-refractivity contribution < 1.29 is 4.74 Å². The standard InChI is InChI=1S/C30H34O/c1-4-5-6-8-13-28(22-25-16-14-24(2)15-17-25)30(27-11-9-7-10-12-27)23-26-18-20-29(31-3)21-19-26/h7,9-12,14-23H,4-6,8,13H2,1-3H3/b28-22+,30-23+. The Hall–Kier alpha value is -3.06. The highest BCUT2D eigenvalue weighted by Gasteiger charge is 2.10. The van der Waals surface area contributed by atoms with Crippen LogP contribution in [0.4, 0.5) is 0 Å². The molecule has 0 aromatic heterocycles. The van der Waals surface area contributed by atoms with Crippen molar-refractivity contribution in [2.75, 3.05) is 7.11 Å². The van der Waals surface area contributed by atoms with Crippen LogP contribution in [-0.2, 0) is 0 Å². The second-order valence-corrected chi connectivity index (χ2v) is 8.09. The highest BCUT2D eigenvalue weighted by molar-refractivity contribution is 5.94. The average Bonchev–Trinajstić information content (AvgIpc) is 2.82. The monoisotopic (exact) mass is 410 g/mol. The Morgan fingerprint density at radius 2 is 1.39 bits per heavy atom. The Morgan fingerprint density at radius 3 is 2.03 bits per heavy atom. The molecule has 0 amide bonds. The first kappa shape index (κ1) is 22.6. The van der Waals surface area contributed by atoms with Crippen molar-refractivity contribution in [3.63, 3.8) is 0 Å². The van der Waals surface area contributed by atoms with Crippen LogP contribution in [0.15, 0.2) is 84.4 Å². The summed E-state index contributed by atoms with van der Waals surface area (Å²) in [5.41, 5.74) is 7.67. The van der Waals surface area contributed by atoms with Crippen LogP contribution in [0.5, 0.6) is 5.75 Å². The number of methoxy groups -OCH3 is 1. The molecule has 0 atom stereocenters. The number of aryl methyl sites for hydroxylation is 1. The molecule has 0 aliphatic heterocycles. The van der Waals surface area contributed by atoms with Gasteiger partial charge in [-0.05, 0) is 65.8 Å². The first-order valence-electron chi connectivity index (χ1n) is 11.4. The largest absolute Gasteiger partial charge is 0.497 e. The topological polar surface area (TPSA) is 9.23 Å². The molecule has 3 aromatic carbocycles. The van der Waals surface area contributed by atoms with E-state index in [1.807, 2.05) is 12.1 Å².